The minimum Gasteiger partial charge on any atom is -0.381 e. The summed E-state index contributed by atoms with van der Waals surface area (Å²) >= 11 is 0. The molecule has 1 N–H and O–H groups in total. The number of hydrogen-bond donors (Lipinski definition) is 1. The van der Waals surface area contributed by atoms with E-state index in [1.807, 2.05) is 0 Å². The molecule has 2 saturated heterocycles. The summed E-state index contributed by atoms with van der Waals surface area (Å²) in [4.78, 5) is 21.6. The molecule has 0 unspecified atom stereocenters. The predicted molar refractivity (Wildman–Crippen MR) is 113 cm³/mol. The second-order valence-corrected chi connectivity index (χ2v) is 8.58. The van der Waals surface area contributed by atoms with E-state index in [9.17, 15) is 18.0 Å². The van der Waals surface area contributed by atoms with Gasteiger partial charge in [0.2, 0.25) is 5.91 Å². The van der Waals surface area contributed by atoms with Crippen molar-refractivity contribution in [1.29, 1.82) is 0 Å². The lowest BCUT2D eigenvalue weighted by molar-refractivity contribution is -0.212. The summed E-state index contributed by atoms with van der Waals surface area (Å²) < 4.78 is 74.4. The highest BCUT2D eigenvalue weighted by atomic mass is 19.4. The third kappa shape index (κ3) is 3.39. The highest BCUT2D eigenvalue weighted by Gasteiger charge is 2.55. The number of halogens is 5. The van der Waals surface area contributed by atoms with Crippen LogP contribution in [0.15, 0.2) is 49.1 Å². The van der Waals surface area contributed by atoms with Crippen molar-refractivity contribution >= 4 is 22.6 Å². The van der Waals surface area contributed by atoms with Crippen molar-refractivity contribution in [1.82, 2.24) is 19.7 Å². The lowest BCUT2D eigenvalue weighted by atomic mass is 9.72. The van der Waals surface area contributed by atoms with Gasteiger partial charge in [0.1, 0.15) is 11.6 Å². The Kier molecular flexibility index (Phi) is 4.72. The number of rotatable bonds is 4. The monoisotopic (exact) mass is 489 g/mol. The molecule has 7 nitrogen and oxygen atoms in total. The molecule has 0 saturated carbocycles. The smallest absolute Gasteiger partial charge is 0.381 e. The van der Waals surface area contributed by atoms with Crippen LogP contribution in [0.4, 0.5) is 27.6 Å². The molecular weight excluding hydrogens is 473 g/mol. The summed E-state index contributed by atoms with van der Waals surface area (Å²) in [5.74, 6) is -3.10. The number of fused-ring (bicyclic) bond motifs is 1. The number of nitrogens with one attached hydrogen (secondary N) is 1. The fraction of sp³-hybridized carbons (Fsp3) is 0.261. The summed E-state index contributed by atoms with van der Waals surface area (Å²) in [6.07, 6.45) is -1.72. The number of ether oxygens (including phenoxy) is 1. The Morgan fingerprint density at radius 2 is 1.80 bits per heavy atom. The third-order valence-corrected chi connectivity index (χ3v) is 6.55. The lowest BCUT2D eigenvalue weighted by Gasteiger charge is -2.52. The number of β-lactam (4-membered cyclic amide) rings is 1. The molecule has 0 bridgehead atoms. The number of carbonyl (C=O) groups excluding carboxylic acids is 1. The SMILES string of the molecule is O=C1[C@H](C2COC2)[C@H](c2c(F)cc(-c3cnn(C(F)(F)F)c3)cc2F)N1c1ccc2[nH]cnc2c1. The van der Waals surface area contributed by atoms with Crippen molar-refractivity contribution in [2.45, 2.75) is 12.3 Å². The quantitative estimate of drug-likeness (QED) is 0.338. The van der Waals surface area contributed by atoms with E-state index in [0.29, 0.717) is 30.6 Å². The molecule has 180 valence electrons. The zero-order chi connectivity index (χ0) is 24.5. The van der Waals surface area contributed by atoms with Crippen molar-refractivity contribution < 1.29 is 31.5 Å². The fourth-order valence-corrected chi connectivity index (χ4v) is 4.74. The van der Waals surface area contributed by atoms with E-state index in [2.05, 4.69) is 15.1 Å². The molecule has 2 aromatic heterocycles. The normalized spacial score (nSPS) is 20.8. The van der Waals surface area contributed by atoms with Gasteiger partial charge in [-0.25, -0.2) is 13.8 Å². The van der Waals surface area contributed by atoms with Crippen molar-refractivity contribution in [3.05, 3.63) is 66.3 Å². The van der Waals surface area contributed by atoms with Gasteiger partial charge in [-0.2, -0.15) is 9.78 Å². The Morgan fingerprint density at radius 3 is 2.43 bits per heavy atom. The molecule has 6 rings (SSSR count). The number of imidazole rings is 1. The minimum absolute atomic E-state index is 0.0962. The average Bonchev–Trinajstić information content (AvgIpc) is 3.44. The standard InChI is InChI=1S/C23H16F5N5O2/c24-15-3-11(12-6-31-32(7-12)23(26,27)28)4-16(25)20(15)21-19(13-8-35-9-13)22(34)33(21)14-1-2-17-18(5-14)30-10-29-17/h1-7,10,13,19,21H,8-9H2,(H,29,30)/t19-,21-/m1/s1. The molecule has 1 amide bonds. The highest BCUT2D eigenvalue weighted by Crippen LogP contribution is 2.50. The van der Waals surface area contributed by atoms with Crippen LogP contribution in [0.25, 0.3) is 22.2 Å². The highest BCUT2D eigenvalue weighted by molar-refractivity contribution is 6.04. The first kappa shape index (κ1) is 21.7. The third-order valence-electron chi connectivity index (χ3n) is 6.55. The van der Waals surface area contributed by atoms with E-state index in [-0.39, 0.29) is 33.2 Å². The Bertz CT molecular complexity index is 1440. The second-order valence-electron chi connectivity index (χ2n) is 8.58. The van der Waals surface area contributed by atoms with Crippen LogP contribution in [-0.2, 0) is 15.8 Å². The van der Waals surface area contributed by atoms with Gasteiger partial charge < -0.3 is 14.6 Å². The Morgan fingerprint density at radius 1 is 1.06 bits per heavy atom. The summed E-state index contributed by atoms with van der Waals surface area (Å²) in [6, 6.07) is 6.01. The summed E-state index contributed by atoms with van der Waals surface area (Å²) in [7, 11) is 0. The topological polar surface area (TPSA) is 76.0 Å². The van der Waals surface area contributed by atoms with Crippen molar-refractivity contribution in [3.63, 3.8) is 0 Å². The van der Waals surface area contributed by atoms with Crippen molar-refractivity contribution in [2.24, 2.45) is 11.8 Å². The molecule has 0 radical (unpaired) electrons. The molecule has 4 heterocycles. The van der Waals surface area contributed by atoms with Gasteiger partial charge >= 0.3 is 6.30 Å². The zero-order valence-corrected chi connectivity index (χ0v) is 17.8. The van der Waals surface area contributed by atoms with Gasteiger partial charge in [-0.1, -0.05) is 0 Å². The number of aromatic amines is 1. The first-order chi connectivity index (χ1) is 16.7. The first-order valence-electron chi connectivity index (χ1n) is 10.7. The van der Waals surface area contributed by atoms with Gasteiger partial charge in [0, 0.05) is 28.9 Å². The van der Waals surface area contributed by atoms with E-state index >= 15 is 8.78 Å². The van der Waals surface area contributed by atoms with E-state index in [0.717, 1.165) is 23.8 Å². The first-order valence-corrected chi connectivity index (χ1v) is 10.7. The Labute approximate surface area is 194 Å². The van der Waals surface area contributed by atoms with E-state index in [1.165, 1.54) is 11.2 Å². The van der Waals surface area contributed by atoms with Crippen LogP contribution in [0.5, 0.6) is 0 Å². The van der Waals surface area contributed by atoms with Gasteiger partial charge in [-0.3, -0.25) is 4.79 Å². The summed E-state index contributed by atoms with van der Waals surface area (Å²) in [5, 5.41) is 3.22. The molecule has 0 aliphatic carbocycles. The molecule has 35 heavy (non-hydrogen) atoms. The van der Waals surface area contributed by atoms with Crippen LogP contribution < -0.4 is 4.90 Å². The molecule has 4 aromatic rings. The number of carbonyl (C=O) groups is 1. The number of nitrogens with zero attached hydrogens (tertiary/aromatic N) is 4. The van der Waals surface area contributed by atoms with Crippen molar-refractivity contribution in [2.75, 3.05) is 18.1 Å². The predicted octanol–water partition coefficient (Wildman–Crippen LogP) is 4.53. The van der Waals surface area contributed by atoms with Gasteiger partial charge in [-0.05, 0) is 35.9 Å². The van der Waals surface area contributed by atoms with Gasteiger partial charge in [0.15, 0.2) is 0 Å². The number of anilines is 1. The van der Waals surface area contributed by atoms with Crippen molar-refractivity contribution in [3.8, 4) is 11.1 Å². The molecular formula is C23H16F5N5O2. The minimum atomic E-state index is -4.75. The van der Waals surface area contributed by atoms with Gasteiger partial charge in [0.05, 0.1) is 48.7 Å². The maximum atomic E-state index is 15.4. The lowest BCUT2D eigenvalue weighted by Crippen LogP contribution is -2.61. The van der Waals surface area contributed by atoms with Crippen LogP contribution >= 0.6 is 0 Å². The maximum Gasteiger partial charge on any atom is 0.504 e. The average molecular weight is 489 g/mol. The molecule has 2 aromatic carbocycles. The second kappa shape index (κ2) is 7.60. The van der Waals surface area contributed by atoms with Gasteiger partial charge in [0.25, 0.3) is 0 Å². The molecule has 2 fully saturated rings. The largest absolute Gasteiger partial charge is 0.504 e. The van der Waals surface area contributed by atoms with Gasteiger partial charge in [-0.15, -0.1) is 13.2 Å². The molecule has 0 spiro atoms. The molecule has 2 aliphatic rings. The van der Waals surface area contributed by atoms with Crippen LogP contribution in [-0.4, -0.2) is 38.9 Å². The molecule has 2 atom stereocenters. The van der Waals surface area contributed by atoms with Crippen LogP contribution in [0.3, 0.4) is 0 Å². The number of benzene rings is 2. The maximum absolute atomic E-state index is 15.4. The van der Waals surface area contributed by atoms with E-state index in [1.54, 1.807) is 18.2 Å². The number of hydrogen-bond acceptors (Lipinski definition) is 4. The summed E-state index contributed by atoms with van der Waals surface area (Å²) in [6.45, 7) is 0.605. The van der Waals surface area contributed by atoms with Crippen LogP contribution in [0.1, 0.15) is 11.6 Å². The fourth-order valence-electron chi connectivity index (χ4n) is 4.74. The zero-order valence-electron chi connectivity index (χ0n) is 17.8. The molecule has 12 heteroatoms. The number of H-pyrrole nitrogens is 1. The molecule has 2 aliphatic heterocycles. The summed E-state index contributed by atoms with van der Waals surface area (Å²) in [5.41, 5.74) is 1.24. The van der Waals surface area contributed by atoms with E-state index < -0.39 is 29.9 Å². The number of aromatic nitrogens is 4. The Balaban J connectivity index is 1.41. The van der Waals surface area contributed by atoms with E-state index in [4.69, 9.17) is 4.74 Å². The van der Waals surface area contributed by atoms with Crippen LogP contribution in [0.2, 0.25) is 0 Å². The number of amides is 1. The number of alkyl halides is 3. The Hall–Kier alpha value is -3.80. The van der Waals surface area contributed by atoms with Crippen LogP contribution in [0, 0.1) is 23.5 Å².